The predicted octanol–water partition coefficient (Wildman–Crippen LogP) is 1.50. The second-order valence-corrected chi connectivity index (χ2v) is 6.57. The van der Waals surface area contributed by atoms with Crippen molar-refractivity contribution < 1.29 is 0 Å². The first kappa shape index (κ1) is 14.6. The van der Waals surface area contributed by atoms with Gasteiger partial charge >= 0.3 is 0 Å². The van der Waals surface area contributed by atoms with Crippen LogP contribution in [0.3, 0.4) is 0 Å². The van der Waals surface area contributed by atoms with Crippen LogP contribution in [0.2, 0.25) is 0 Å². The van der Waals surface area contributed by atoms with E-state index >= 15 is 0 Å². The molecule has 3 heterocycles. The molecule has 0 saturated carbocycles. The Balaban J connectivity index is 1.71. The van der Waals surface area contributed by atoms with E-state index in [1.54, 1.807) is 11.3 Å². The van der Waals surface area contributed by atoms with Gasteiger partial charge in [-0.15, -0.1) is 11.3 Å². The van der Waals surface area contributed by atoms with Gasteiger partial charge in [-0.3, -0.25) is 9.80 Å². The van der Waals surface area contributed by atoms with Gasteiger partial charge in [0.1, 0.15) is 10.7 Å². The zero-order valence-corrected chi connectivity index (χ0v) is 13.4. The summed E-state index contributed by atoms with van der Waals surface area (Å²) in [7, 11) is 0. The molecular formula is C14H22N6S. The zero-order chi connectivity index (χ0) is 14.8. The molecule has 1 fully saturated rings. The smallest absolute Gasteiger partial charge is 0.152 e. The number of aromatic nitrogens is 2. The molecule has 0 unspecified atom stereocenters. The third-order valence-electron chi connectivity index (χ3n) is 4.01. The highest BCUT2D eigenvalue weighted by molar-refractivity contribution is 7.16. The van der Waals surface area contributed by atoms with E-state index in [2.05, 4.69) is 39.0 Å². The molecule has 114 valence electrons. The monoisotopic (exact) mass is 306 g/mol. The van der Waals surface area contributed by atoms with Gasteiger partial charge in [-0.25, -0.2) is 15.8 Å². The van der Waals surface area contributed by atoms with Crippen LogP contribution in [0.1, 0.15) is 19.7 Å². The first-order chi connectivity index (χ1) is 10.2. The van der Waals surface area contributed by atoms with Crippen molar-refractivity contribution in [2.45, 2.75) is 26.4 Å². The summed E-state index contributed by atoms with van der Waals surface area (Å²) in [5.74, 6) is 7.14. The highest BCUT2D eigenvalue weighted by Gasteiger charge is 2.20. The minimum atomic E-state index is 0.624. The van der Waals surface area contributed by atoms with Gasteiger partial charge in [0.25, 0.3) is 0 Å². The molecular weight excluding hydrogens is 284 g/mol. The lowest BCUT2D eigenvalue weighted by Crippen LogP contribution is -2.48. The van der Waals surface area contributed by atoms with E-state index in [0.717, 1.165) is 54.6 Å². The van der Waals surface area contributed by atoms with E-state index in [4.69, 9.17) is 5.84 Å². The van der Waals surface area contributed by atoms with Crippen molar-refractivity contribution in [3.8, 4) is 0 Å². The van der Waals surface area contributed by atoms with Gasteiger partial charge in [0.2, 0.25) is 0 Å². The number of thiophene rings is 1. The Kier molecular flexibility index (Phi) is 4.34. The van der Waals surface area contributed by atoms with Gasteiger partial charge in [-0.1, -0.05) is 0 Å². The van der Waals surface area contributed by atoms with Crippen LogP contribution >= 0.6 is 11.3 Å². The lowest BCUT2D eigenvalue weighted by Gasteiger charge is -2.36. The number of hydrogen-bond donors (Lipinski definition) is 2. The zero-order valence-electron chi connectivity index (χ0n) is 12.5. The number of piperazine rings is 1. The number of fused-ring (bicyclic) bond motifs is 1. The quantitative estimate of drug-likeness (QED) is 0.659. The summed E-state index contributed by atoms with van der Waals surface area (Å²) in [6, 6.07) is 2.62. The summed E-state index contributed by atoms with van der Waals surface area (Å²) in [4.78, 5) is 15.1. The fourth-order valence-corrected chi connectivity index (χ4v) is 3.50. The molecule has 3 rings (SSSR count). The van der Waals surface area contributed by atoms with Crippen LogP contribution in [0.4, 0.5) is 5.82 Å². The second-order valence-electron chi connectivity index (χ2n) is 5.68. The summed E-state index contributed by atoms with van der Waals surface area (Å²) in [5, 5.41) is 3.02. The highest BCUT2D eigenvalue weighted by Crippen LogP contribution is 2.24. The lowest BCUT2D eigenvalue weighted by atomic mass is 10.2. The highest BCUT2D eigenvalue weighted by atomic mass is 32.1. The van der Waals surface area contributed by atoms with Gasteiger partial charge in [-0.05, 0) is 25.3 Å². The van der Waals surface area contributed by atoms with E-state index < -0.39 is 0 Å². The first-order valence-corrected chi connectivity index (χ1v) is 8.22. The van der Waals surface area contributed by atoms with Gasteiger partial charge in [0.15, 0.2) is 5.82 Å². The topological polar surface area (TPSA) is 70.3 Å². The lowest BCUT2D eigenvalue weighted by molar-refractivity contribution is 0.102. The molecule has 2 aromatic rings. The van der Waals surface area contributed by atoms with Crippen LogP contribution in [0, 0.1) is 0 Å². The molecule has 6 nitrogen and oxygen atoms in total. The van der Waals surface area contributed by atoms with E-state index in [0.29, 0.717) is 6.04 Å². The molecule has 0 amide bonds. The Morgan fingerprint density at radius 2 is 2.05 bits per heavy atom. The SMILES string of the molecule is CC(C)N1CCN(Cc2nc(NN)c3ccsc3n2)CC1. The van der Waals surface area contributed by atoms with Crippen molar-refractivity contribution in [2.24, 2.45) is 5.84 Å². The number of hydrazine groups is 1. The number of rotatable bonds is 4. The van der Waals surface area contributed by atoms with Gasteiger partial charge in [0, 0.05) is 32.2 Å². The Labute approximate surface area is 128 Å². The normalized spacial score (nSPS) is 17.7. The molecule has 1 aliphatic rings. The van der Waals surface area contributed by atoms with Gasteiger partial charge < -0.3 is 5.43 Å². The third-order valence-corrected chi connectivity index (χ3v) is 4.82. The number of nitrogens with two attached hydrogens (primary N) is 1. The fourth-order valence-electron chi connectivity index (χ4n) is 2.72. The van der Waals surface area contributed by atoms with Crippen molar-refractivity contribution in [1.29, 1.82) is 0 Å². The standard InChI is InChI=1S/C14H22N6S/c1-10(2)20-6-4-19(5-7-20)9-12-16-13(18-15)11-3-8-21-14(11)17-12/h3,8,10H,4-7,9,15H2,1-2H3,(H,16,17,18). The van der Waals surface area contributed by atoms with Crippen LogP contribution < -0.4 is 11.3 Å². The van der Waals surface area contributed by atoms with Gasteiger partial charge in [-0.2, -0.15) is 0 Å². The minimum absolute atomic E-state index is 0.624. The average Bonchev–Trinajstić information content (AvgIpc) is 2.95. The third kappa shape index (κ3) is 3.16. The molecule has 1 aliphatic heterocycles. The Morgan fingerprint density at radius 3 is 2.71 bits per heavy atom. The van der Waals surface area contributed by atoms with Crippen molar-refractivity contribution in [2.75, 3.05) is 31.6 Å². The number of anilines is 1. The Bertz CT molecular complexity index is 603. The summed E-state index contributed by atoms with van der Waals surface area (Å²) >= 11 is 1.62. The van der Waals surface area contributed by atoms with E-state index in [1.807, 2.05) is 11.4 Å². The molecule has 2 aromatic heterocycles. The Morgan fingerprint density at radius 1 is 1.29 bits per heavy atom. The summed E-state index contributed by atoms with van der Waals surface area (Å²) < 4.78 is 0. The van der Waals surface area contributed by atoms with E-state index in [-0.39, 0.29) is 0 Å². The van der Waals surface area contributed by atoms with Crippen molar-refractivity contribution >= 4 is 27.4 Å². The molecule has 0 radical (unpaired) electrons. The molecule has 0 aliphatic carbocycles. The van der Waals surface area contributed by atoms with Crippen LogP contribution in [0.15, 0.2) is 11.4 Å². The van der Waals surface area contributed by atoms with Crippen molar-refractivity contribution in [3.05, 3.63) is 17.3 Å². The van der Waals surface area contributed by atoms with Crippen LogP contribution in [-0.2, 0) is 6.54 Å². The molecule has 0 atom stereocenters. The molecule has 7 heteroatoms. The maximum Gasteiger partial charge on any atom is 0.152 e. The van der Waals surface area contributed by atoms with Crippen molar-refractivity contribution in [1.82, 2.24) is 19.8 Å². The molecule has 0 spiro atoms. The second kappa shape index (κ2) is 6.23. The van der Waals surface area contributed by atoms with E-state index in [1.165, 1.54) is 0 Å². The number of nitrogens with zero attached hydrogens (tertiary/aromatic N) is 4. The average molecular weight is 306 g/mol. The van der Waals surface area contributed by atoms with Crippen LogP contribution in [0.25, 0.3) is 10.2 Å². The maximum atomic E-state index is 5.57. The summed E-state index contributed by atoms with van der Waals surface area (Å²) in [6.07, 6.45) is 0. The predicted molar refractivity (Wildman–Crippen MR) is 87.2 cm³/mol. The molecule has 1 saturated heterocycles. The number of nitrogen functional groups attached to an aromatic ring is 1. The first-order valence-electron chi connectivity index (χ1n) is 7.34. The minimum Gasteiger partial charge on any atom is -0.308 e. The molecule has 3 N–H and O–H groups in total. The van der Waals surface area contributed by atoms with Crippen molar-refractivity contribution in [3.63, 3.8) is 0 Å². The molecule has 0 bridgehead atoms. The number of nitrogens with one attached hydrogen (secondary N) is 1. The summed E-state index contributed by atoms with van der Waals surface area (Å²) in [5.41, 5.74) is 2.68. The van der Waals surface area contributed by atoms with Crippen LogP contribution in [-0.4, -0.2) is 52.0 Å². The van der Waals surface area contributed by atoms with Crippen LogP contribution in [0.5, 0.6) is 0 Å². The molecule has 21 heavy (non-hydrogen) atoms. The van der Waals surface area contributed by atoms with E-state index in [9.17, 15) is 0 Å². The molecule has 0 aromatic carbocycles. The number of hydrogen-bond acceptors (Lipinski definition) is 7. The fraction of sp³-hybridized carbons (Fsp3) is 0.571. The summed E-state index contributed by atoms with van der Waals surface area (Å²) in [6.45, 7) is 9.65. The largest absolute Gasteiger partial charge is 0.308 e. The maximum absolute atomic E-state index is 5.57. The van der Waals surface area contributed by atoms with Gasteiger partial charge in [0.05, 0.1) is 11.9 Å². The Hall–Kier alpha value is -1.28.